The number of benzene rings is 2. The molecule has 2 saturated heterocycles. The predicted molar refractivity (Wildman–Crippen MR) is 172 cm³/mol. The summed E-state index contributed by atoms with van der Waals surface area (Å²) in [6.45, 7) is 6.32. The molecule has 0 aliphatic carbocycles. The SMILES string of the molecule is C#Cc1cccc2cc(O)cc(N3CCC4=C(C3)N3c5c(C)ccnc5C(C)OC3C3=C4N4CC5CCC(N5)C4C(=O)N3C)c12. The maximum absolute atomic E-state index is 14.1. The summed E-state index contributed by atoms with van der Waals surface area (Å²) in [7, 11) is 1.93. The first kappa shape index (κ1) is 26.8. The van der Waals surface area contributed by atoms with Crippen LogP contribution in [0.2, 0.25) is 0 Å². The molecule has 5 unspecified atom stereocenters. The van der Waals surface area contributed by atoms with Crippen molar-refractivity contribution < 1.29 is 14.6 Å². The summed E-state index contributed by atoms with van der Waals surface area (Å²) >= 11 is 0. The van der Waals surface area contributed by atoms with Crippen LogP contribution in [0.5, 0.6) is 5.75 Å². The van der Waals surface area contributed by atoms with Gasteiger partial charge in [-0.05, 0) is 62.3 Å². The number of nitrogens with one attached hydrogen (secondary N) is 1. The lowest BCUT2D eigenvalue weighted by Crippen LogP contribution is -2.68. The molecule has 2 fully saturated rings. The molecule has 2 aromatic carbocycles. The maximum Gasteiger partial charge on any atom is 0.251 e. The number of aryl methyl sites for hydroxylation is 1. The molecule has 2 N–H and O–H groups in total. The van der Waals surface area contributed by atoms with Crippen LogP contribution in [0, 0.1) is 19.3 Å². The third kappa shape index (κ3) is 3.64. The summed E-state index contributed by atoms with van der Waals surface area (Å²) < 4.78 is 6.87. The van der Waals surface area contributed by atoms with E-state index in [9.17, 15) is 9.90 Å². The molecule has 9 rings (SSSR count). The Balaban J connectivity index is 1.27. The van der Waals surface area contributed by atoms with E-state index in [0.29, 0.717) is 12.6 Å². The van der Waals surface area contributed by atoms with Gasteiger partial charge in [0, 0.05) is 72.4 Å². The Bertz CT molecular complexity index is 1930. The van der Waals surface area contributed by atoms with E-state index >= 15 is 0 Å². The quantitative estimate of drug-likeness (QED) is 0.404. The highest BCUT2D eigenvalue weighted by molar-refractivity contribution is 6.00. The number of allylic oxidation sites excluding steroid dienone is 1. The van der Waals surface area contributed by atoms with Crippen LogP contribution in [0.1, 0.15) is 49.1 Å². The van der Waals surface area contributed by atoms with Gasteiger partial charge in [0.2, 0.25) is 0 Å². The van der Waals surface area contributed by atoms with Crippen molar-refractivity contribution in [2.75, 3.05) is 36.5 Å². The highest BCUT2D eigenvalue weighted by Crippen LogP contribution is 2.52. The van der Waals surface area contributed by atoms with Crippen LogP contribution in [0.15, 0.2) is 65.3 Å². The molecule has 0 spiro atoms. The van der Waals surface area contributed by atoms with E-state index in [0.717, 1.165) is 82.7 Å². The zero-order chi connectivity index (χ0) is 30.7. The Morgan fingerprint density at radius 3 is 2.91 bits per heavy atom. The van der Waals surface area contributed by atoms with Gasteiger partial charge in [-0.3, -0.25) is 9.78 Å². The minimum atomic E-state index is -0.478. The Morgan fingerprint density at radius 1 is 1.20 bits per heavy atom. The number of ether oxygens (including phenoxy) is 1. The average molecular weight is 601 g/mol. The number of aromatic nitrogens is 1. The van der Waals surface area contributed by atoms with Crippen molar-refractivity contribution in [2.24, 2.45) is 0 Å². The number of fused-ring (bicyclic) bond motifs is 12. The number of hydrogen-bond donors (Lipinski definition) is 2. The minimum absolute atomic E-state index is 0.131. The Labute approximate surface area is 262 Å². The van der Waals surface area contributed by atoms with Gasteiger partial charge in [-0.1, -0.05) is 18.1 Å². The fraction of sp³-hybridized carbons (Fsp3) is 0.389. The van der Waals surface area contributed by atoms with Crippen LogP contribution in [0.25, 0.3) is 10.8 Å². The lowest BCUT2D eigenvalue weighted by atomic mass is 9.86. The molecule has 6 aliphatic rings. The first-order valence-corrected chi connectivity index (χ1v) is 16.0. The van der Waals surface area contributed by atoms with E-state index in [2.05, 4.69) is 45.9 Å². The number of hydrogen-bond acceptors (Lipinski definition) is 8. The van der Waals surface area contributed by atoms with Gasteiger partial charge >= 0.3 is 0 Å². The Morgan fingerprint density at radius 2 is 2.07 bits per heavy atom. The highest BCUT2D eigenvalue weighted by Gasteiger charge is 2.55. The molecule has 1 amide bonds. The van der Waals surface area contributed by atoms with Crippen molar-refractivity contribution in [1.29, 1.82) is 0 Å². The number of nitrogens with zero attached hydrogens (tertiary/aromatic N) is 5. The third-order valence-electron chi connectivity index (χ3n) is 10.8. The van der Waals surface area contributed by atoms with Crippen molar-refractivity contribution in [3.8, 4) is 18.1 Å². The average Bonchev–Trinajstić information content (AvgIpc) is 3.42. The normalized spacial score (nSPS) is 28.5. The number of aromatic hydroxyl groups is 1. The second kappa shape index (κ2) is 9.49. The second-order valence-electron chi connectivity index (χ2n) is 13.2. The Kier molecular flexibility index (Phi) is 5.66. The molecule has 228 valence electrons. The monoisotopic (exact) mass is 600 g/mol. The molecule has 0 saturated carbocycles. The summed E-state index contributed by atoms with van der Waals surface area (Å²) in [6.07, 6.45) is 9.99. The Hall–Kier alpha value is -4.52. The molecule has 2 bridgehead atoms. The fourth-order valence-electron chi connectivity index (χ4n) is 8.85. The van der Waals surface area contributed by atoms with Gasteiger partial charge in [0.25, 0.3) is 5.91 Å². The molecule has 9 heteroatoms. The largest absolute Gasteiger partial charge is 0.508 e. The molecule has 45 heavy (non-hydrogen) atoms. The molecule has 7 heterocycles. The molecule has 3 aromatic rings. The predicted octanol–water partition coefficient (Wildman–Crippen LogP) is 4.12. The van der Waals surface area contributed by atoms with Gasteiger partial charge in [-0.25, -0.2) is 0 Å². The van der Waals surface area contributed by atoms with Crippen LogP contribution in [0.4, 0.5) is 11.4 Å². The first-order valence-electron chi connectivity index (χ1n) is 16.0. The third-order valence-corrected chi connectivity index (χ3v) is 10.8. The molecular weight excluding hydrogens is 564 g/mol. The van der Waals surface area contributed by atoms with Crippen molar-refractivity contribution in [3.63, 3.8) is 0 Å². The second-order valence-corrected chi connectivity index (χ2v) is 13.2. The highest BCUT2D eigenvalue weighted by atomic mass is 16.5. The van der Waals surface area contributed by atoms with Crippen molar-refractivity contribution in [1.82, 2.24) is 20.1 Å². The first-order chi connectivity index (χ1) is 21.8. The van der Waals surface area contributed by atoms with E-state index in [-0.39, 0.29) is 29.8 Å². The van der Waals surface area contributed by atoms with E-state index in [1.165, 1.54) is 11.3 Å². The molecule has 6 aliphatic heterocycles. The zero-order valence-electron chi connectivity index (χ0n) is 25.7. The van der Waals surface area contributed by atoms with E-state index in [1.54, 1.807) is 6.07 Å². The summed E-state index contributed by atoms with van der Waals surface area (Å²) in [6, 6.07) is 11.9. The molecular formula is C36H36N6O3. The molecule has 1 aromatic heterocycles. The maximum atomic E-state index is 14.1. The van der Waals surface area contributed by atoms with Gasteiger partial charge in [0.1, 0.15) is 17.9 Å². The van der Waals surface area contributed by atoms with Gasteiger partial charge in [-0.15, -0.1) is 6.42 Å². The fourth-order valence-corrected chi connectivity index (χ4v) is 8.85. The minimum Gasteiger partial charge on any atom is -0.508 e. The van der Waals surface area contributed by atoms with E-state index in [4.69, 9.17) is 16.1 Å². The van der Waals surface area contributed by atoms with Crippen molar-refractivity contribution in [3.05, 3.63) is 82.1 Å². The van der Waals surface area contributed by atoms with Gasteiger partial charge in [0.05, 0.1) is 29.3 Å². The number of anilines is 2. The van der Waals surface area contributed by atoms with Gasteiger partial charge in [-0.2, -0.15) is 0 Å². The summed E-state index contributed by atoms with van der Waals surface area (Å²) in [5.41, 5.74) is 9.31. The lowest BCUT2D eigenvalue weighted by molar-refractivity contribution is -0.139. The number of amides is 1. The standard InChI is InChI=1S/C36H36N6O3/c1-5-21-7-6-8-22-15-24(43)16-27(29(21)22)40-14-12-25-28(18-40)42-31-19(2)11-13-37-30(31)20(3)45-36(42)34-32(25)41-17-23-9-10-26(38-23)33(41)35(44)39(34)4/h1,6-8,11,13,15-16,20,23,26,33,36,38,43H,9-10,12,14,17-18H2,2-4H3. The number of phenolic OH excluding ortho intramolecular Hbond substituents is 1. The van der Waals surface area contributed by atoms with Gasteiger partial charge < -0.3 is 34.8 Å². The van der Waals surface area contributed by atoms with Crippen LogP contribution >= 0.6 is 0 Å². The molecule has 0 radical (unpaired) electrons. The number of piperazine rings is 1. The van der Waals surface area contributed by atoms with E-state index < -0.39 is 6.23 Å². The number of likely N-dealkylation sites (N-methyl/N-ethyl adjacent to an activating group) is 1. The van der Waals surface area contributed by atoms with Crippen molar-refractivity contribution in [2.45, 2.75) is 63.6 Å². The number of terminal acetylenes is 1. The van der Waals surface area contributed by atoms with Crippen LogP contribution < -0.4 is 15.1 Å². The number of phenols is 1. The van der Waals surface area contributed by atoms with Crippen molar-refractivity contribution >= 4 is 28.1 Å². The molecule has 5 atom stereocenters. The number of pyridine rings is 1. The van der Waals surface area contributed by atoms with Crippen LogP contribution in [-0.4, -0.2) is 76.8 Å². The summed E-state index contributed by atoms with van der Waals surface area (Å²) in [4.78, 5) is 27.9. The summed E-state index contributed by atoms with van der Waals surface area (Å²) in [5.74, 6) is 3.21. The van der Waals surface area contributed by atoms with E-state index in [1.807, 2.05) is 42.4 Å². The zero-order valence-corrected chi connectivity index (χ0v) is 25.7. The van der Waals surface area contributed by atoms with Crippen LogP contribution in [-0.2, 0) is 9.53 Å². The smallest absolute Gasteiger partial charge is 0.251 e. The summed E-state index contributed by atoms with van der Waals surface area (Å²) in [5, 5.41) is 16.4. The number of carbonyl (C=O) groups excluding carboxylic acids is 1. The van der Waals surface area contributed by atoms with Gasteiger partial charge in [0.15, 0.2) is 6.23 Å². The molecule has 9 nitrogen and oxygen atoms in total. The number of carbonyl (C=O) groups is 1. The van der Waals surface area contributed by atoms with Crippen LogP contribution in [0.3, 0.4) is 0 Å². The topological polar surface area (TPSA) is 84.4 Å². The lowest BCUT2D eigenvalue weighted by Gasteiger charge is -2.57. The number of rotatable bonds is 1.